The summed E-state index contributed by atoms with van der Waals surface area (Å²) in [6, 6.07) is 13.5. The predicted octanol–water partition coefficient (Wildman–Crippen LogP) is 3.30. The fourth-order valence-corrected chi connectivity index (χ4v) is 3.89. The molecule has 2 aromatic carbocycles. The molecule has 0 bridgehead atoms. The highest BCUT2D eigenvalue weighted by atomic mass is 35.5. The maximum Gasteiger partial charge on any atom is 0.337 e. The van der Waals surface area contributed by atoms with Gasteiger partial charge in [-0.25, -0.2) is 4.79 Å². The van der Waals surface area contributed by atoms with E-state index in [2.05, 4.69) is 16.0 Å². The van der Waals surface area contributed by atoms with Crippen molar-refractivity contribution in [2.24, 2.45) is 0 Å². The zero-order chi connectivity index (χ0) is 27.7. The number of rotatable bonds is 13. The molecule has 0 radical (unpaired) electrons. The number of aliphatic hydroxyl groups is 2. The van der Waals surface area contributed by atoms with E-state index in [0.29, 0.717) is 27.1 Å². The molecule has 3 aromatic rings. The second kappa shape index (κ2) is 13.9. The van der Waals surface area contributed by atoms with Crippen LogP contribution in [0.3, 0.4) is 0 Å². The number of hydrogen-bond donors (Lipinski definition) is 6. The minimum atomic E-state index is -1.20. The molecular weight excluding hydrogens is 537 g/mol. The summed E-state index contributed by atoms with van der Waals surface area (Å²) in [6.45, 7) is -0.518. The van der Waals surface area contributed by atoms with Crippen LogP contribution < -0.4 is 16.0 Å². The first kappa shape index (κ1) is 29.2. The number of carbonyl (C=O) groups excluding carboxylic acids is 2. The summed E-state index contributed by atoms with van der Waals surface area (Å²) >= 11 is 12.3. The van der Waals surface area contributed by atoms with E-state index in [-0.39, 0.29) is 37.2 Å². The first-order valence-corrected chi connectivity index (χ1v) is 12.4. The van der Waals surface area contributed by atoms with Crippen molar-refractivity contribution >= 4 is 46.7 Å². The Morgan fingerprint density at radius 3 is 2.53 bits per heavy atom. The number of para-hydroxylation sites is 1. The third-order valence-corrected chi connectivity index (χ3v) is 6.08. The number of nitrogens with one attached hydrogen (secondary N) is 3. The summed E-state index contributed by atoms with van der Waals surface area (Å²) in [7, 11) is 0. The number of carboxylic acid groups (broad SMARTS) is 1. The molecule has 12 heteroatoms. The van der Waals surface area contributed by atoms with Crippen molar-refractivity contribution < 1.29 is 34.1 Å². The van der Waals surface area contributed by atoms with Crippen LogP contribution in [0.2, 0.25) is 10.0 Å². The molecule has 2 atom stereocenters. The van der Waals surface area contributed by atoms with Crippen molar-refractivity contribution in [3.8, 4) is 11.3 Å². The van der Waals surface area contributed by atoms with Crippen molar-refractivity contribution in [1.29, 1.82) is 0 Å². The van der Waals surface area contributed by atoms with E-state index in [1.807, 2.05) is 0 Å². The van der Waals surface area contributed by atoms with E-state index in [4.69, 9.17) is 32.7 Å². The van der Waals surface area contributed by atoms with Crippen LogP contribution in [0.5, 0.6) is 0 Å². The first-order chi connectivity index (χ1) is 18.2. The number of aliphatic hydroxyl groups excluding tert-OH is 2. The Balaban J connectivity index is 1.71. The highest BCUT2D eigenvalue weighted by Gasteiger charge is 2.22. The molecule has 10 nitrogen and oxygen atoms in total. The molecule has 6 N–H and O–H groups in total. The number of furan rings is 1. The third kappa shape index (κ3) is 8.30. The number of halogens is 2. The summed E-state index contributed by atoms with van der Waals surface area (Å²) in [5, 5.41) is 36.8. The molecule has 0 spiro atoms. The number of carboxylic acids is 1. The maximum atomic E-state index is 13.1. The van der Waals surface area contributed by atoms with Gasteiger partial charge < -0.3 is 30.4 Å². The fourth-order valence-electron chi connectivity index (χ4n) is 3.51. The molecule has 2 amide bonds. The molecule has 1 heterocycles. The van der Waals surface area contributed by atoms with Gasteiger partial charge in [0.1, 0.15) is 11.5 Å². The van der Waals surface area contributed by atoms with Gasteiger partial charge in [-0.15, -0.1) is 0 Å². The fraction of sp³-hybridized carbons (Fsp3) is 0.269. The number of benzene rings is 2. The van der Waals surface area contributed by atoms with Gasteiger partial charge in [-0.2, -0.15) is 0 Å². The molecule has 38 heavy (non-hydrogen) atoms. The lowest BCUT2D eigenvalue weighted by Gasteiger charge is -2.19. The average molecular weight is 564 g/mol. The standard InChI is InChI=1S/C26H27Cl2N3O7/c27-15-5-7-20(28)19(11-15)23-9-6-17(38-23)13-29-22(8-10-24(34)30-12-16(33)14-32)25(35)31-21-4-2-1-3-18(21)26(36)37/h1-7,9,11,16,22,29,32-33H,8,10,12-14H2,(H,30,34)(H,31,35)(H,36,37). The topological polar surface area (TPSA) is 161 Å². The molecule has 0 aliphatic rings. The van der Waals surface area contributed by atoms with Crippen molar-refractivity contribution in [2.75, 3.05) is 18.5 Å². The van der Waals surface area contributed by atoms with Gasteiger partial charge in [0.25, 0.3) is 0 Å². The van der Waals surface area contributed by atoms with Gasteiger partial charge >= 0.3 is 5.97 Å². The maximum absolute atomic E-state index is 13.1. The number of aromatic carboxylic acids is 1. The van der Waals surface area contributed by atoms with E-state index in [0.717, 1.165) is 0 Å². The second-order valence-electron chi connectivity index (χ2n) is 8.34. The molecular formula is C26H27Cl2N3O7. The van der Waals surface area contributed by atoms with Crippen molar-refractivity contribution in [3.05, 3.63) is 76.0 Å². The summed E-state index contributed by atoms with van der Waals surface area (Å²) in [4.78, 5) is 36.8. The van der Waals surface area contributed by atoms with Gasteiger partial charge in [0.05, 0.1) is 41.6 Å². The lowest BCUT2D eigenvalue weighted by atomic mass is 10.1. The summed E-state index contributed by atoms with van der Waals surface area (Å²) in [5.74, 6) is -1.22. The molecule has 3 rings (SSSR count). The van der Waals surface area contributed by atoms with Gasteiger partial charge in [-0.05, 0) is 48.9 Å². The van der Waals surface area contributed by atoms with Crippen LogP contribution in [0.1, 0.15) is 29.0 Å². The molecule has 1 aromatic heterocycles. The summed E-state index contributed by atoms with van der Waals surface area (Å²) < 4.78 is 5.86. The Kier molecular flexibility index (Phi) is 10.7. The Labute approximate surface area is 228 Å². The first-order valence-electron chi connectivity index (χ1n) is 11.6. The number of hydrogen-bond acceptors (Lipinski definition) is 7. The minimum Gasteiger partial charge on any atom is -0.478 e. The van der Waals surface area contributed by atoms with Crippen LogP contribution in [0, 0.1) is 0 Å². The zero-order valence-corrected chi connectivity index (χ0v) is 21.6. The minimum absolute atomic E-state index is 0.0514. The highest BCUT2D eigenvalue weighted by Crippen LogP contribution is 2.31. The van der Waals surface area contributed by atoms with Gasteiger partial charge in [0.2, 0.25) is 11.8 Å². The lowest BCUT2D eigenvalue weighted by molar-refractivity contribution is -0.122. The molecule has 0 saturated heterocycles. The van der Waals surface area contributed by atoms with Gasteiger partial charge in [0.15, 0.2) is 0 Å². The van der Waals surface area contributed by atoms with Gasteiger partial charge in [-0.1, -0.05) is 35.3 Å². The number of amides is 2. The van der Waals surface area contributed by atoms with Crippen LogP contribution in [0.15, 0.2) is 59.0 Å². The second-order valence-corrected chi connectivity index (χ2v) is 9.19. The third-order valence-electron chi connectivity index (χ3n) is 5.52. The quantitative estimate of drug-likeness (QED) is 0.184. The Morgan fingerprint density at radius 2 is 1.79 bits per heavy atom. The highest BCUT2D eigenvalue weighted by molar-refractivity contribution is 6.35. The Bertz CT molecular complexity index is 1280. The summed E-state index contributed by atoms with van der Waals surface area (Å²) in [6.07, 6.45) is -1.12. The van der Waals surface area contributed by atoms with Crippen LogP contribution in [-0.2, 0) is 16.1 Å². The predicted molar refractivity (Wildman–Crippen MR) is 142 cm³/mol. The van der Waals surface area contributed by atoms with Gasteiger partial charge in [0, 0.05) is 23.6 Å². The van der Waals surface area contributed by atoms with E-state index >= 15 is 0 Å². The smallest absolute Gasteiger partial charge is 0.337 e. The van der Waals surface area contributed by atoms with E-state index in [1.165, 1.54) is 12.1 Å². The molecule has 0 saturated carbocycles. The molecule has 2 unspecified atom stereocenters. The Hall–Kier alpha value is -3.41. The average Bonchev–Trinajstić information content (AvgIpc) is 3.37. The van der Waals surface area contributed by atoms with Crippen LogP contribution in [0.4, 0.5) is 5.69 Å². The van der Waals surface area contributed by atoms with Crippen LogP contribution >= 0.6 is 23.2 Å². The zero-order valence-electron chi connectivity index (χ0n) is 20.1. The van der Waals surface area contributed by atoms with Crippen molar-refractivity contribution in [3.63, 3.8) is 0 Å². The van der Waals surface area contributed by atoms with E-state index in [1.54, 1.807) is 42.5 Å². The normalized spacial score (nSPS) is 12.5. The Morgan fingerprint density at radius 1 is 1.03 bits per heavy atom. The van der Waals surface area contributed by atoms with Crippen molar-refractivity contribution in [2.45, 2.75) is 31.5 Å². The lowest BCUT2D eigenvalue weighted by Crippen LogP contribution is -2.42. The largest absolute Gasteiger partial charge is 0.478 e. The molecule has 202 valence electrons. The molecule has 0 aliphatic carbocycles. The monoisotopic (exact) mass is 563 g/mol. The molecule has 0 aliphatic heterocycles. The van der Waals surface area contributed by atoms with Crippen LogP contribution in [0.25, 0.3) is 11.3 Å². The van der Waals surface area contributed by atoms with Crippen LogP contribution in [-0.4, -0.2) is 58.4 Å². The van der Waals surface area contributed by atoms with Crippen molar-refractivity contribution in [1.82, 2.24) is 10.6 Å². The van der Waals surface area contributed by atoms with E-state index in [9.17, 15) is 24.6 Å². The van der Waals surface area contributed by atoms with Gasteiger partial charge in [-0.3, -0.25) is 14.9 Å². The summed E-state index contributed by atoms with van der Waals surface area (Å²) in [5.41, 5.74) is 0.638. The SMILES string of the molecule is O=C(CCC(NCc1ccc(-c2cc(Cl)ccc2Cl)o1)C(=O)Nc1ccccc1C(=O)O)NCC(O)CO. The number of carbonyl (C=O) groups is 3. The molecule has 0 fully saturated rings. The number of anilines is 1. The van der Waals surface area contributed by atoms with E-state index < -0.39 is 36.5 Å².